The Morgan fingerprint density at radius 3 is 2.50 bits per heavy atom. The molecule has 1 aliphatic heterocycles. The molecule has 2 saturated carbocycles. The third-order valence-corrected chi connectivity index (χ3v) is 8.60. The topological polar surface area (TPSA) is 72.5 Å². The van der Waals surface area contributed by atoms with E-state index in [2.05, 4.69) is 25.2 Å². The highest BCUT2D eigenvalue weighted by Crippen LogP contribution is 2.67. The van der Waals surface area contributed by atoms with Crippen molar-refractivity contribution in [2.24, 2.45) is 28.6 Å². The summed E-state index contributed by atoms with van der Waals surface area (Å²) >= 11 is 6.68. The number of esters is 1. The summed E-state index contributed by atoms with van der Waals surface area (Å²) in [6, 6.07) is 0. The summed E-state index contributed by atoms with van der Waals surface area (Å²) < 4.78 is 5.77. The van der Waals surface area contributed by atoms with Gasteiger partial charge < -0.3 is 10.1 Å². The number of carbonyl (C=O) groups is 3. The number of rotatable bonds is 2. The van der Waals surface area contributed by atoms with Gasteiger partial charge in [-0.05, 0) is 55.9 Å². The number of ketones is 1. The third-order valence-electron chi connectivity index (χ3n) is 8.27. The smallest absolute Gasteiger partial charge is 0.303 e. The number of hydrogen-bond acceptors (Lipinski definition) is 4. The van der Waals surface area contributed by atoms with Crippen LogP contribution < -0.4 is 5.32 Å². The first kappa shape index (κ1) is 19.7. The summed E-state index contributed by atoms with van der Waals surface area (Å²) in [7, 11) is 0. The zero-order valence-electron chi connectivity index (χ0n) is 16.9. The highest BCUT2D eigenvalue weighted by molar-refractivity contribution is 6.32. The molecule has 1 N–H and O–H groups in total. The number of fused-ring (bicyclic) bond motifs is 5. The molecule has 5 nitrogen and oxygen atoms in total. The molecule has 0 radical (unpaired) electrons. The van der Waals surface area contributed by atoms with E-state index in [0.717, 1.165) is 24.8 Å². The van der Waals surface area contributed by atoms with Crippen molar-refractivity contribution in [2.45, 2.75) is 59.0 Å². The maximum absolute atomic E-state index is 12.7. The Bertz CT molecular complexity index is 832. The fourth-order valence-electron chi connectivity index (χ4n) is 6.88. The number of hydrogen-bond donors (Lipinski definition) is 1. The summed E-state index contributed by atoms with van der Waals surface area (Å²) in [5.41, 5.74) is -0.741. The van der Waals surface area contributed by atoms with Crippen LogP contribution in [0.2, 0.25) is 0 Å². The summed E-state index contributed by atoms with van der Waals surface area (Å²) in [5, 5.41) is 3.63. The van der Waals surface area contributed by atoms with Gasteiger partial charge in [0.05, 0.1) is 0 Å². The molecule has 1 amide bonds. The zero-order chi connectivity index (χ0) is 20.5. The second-order valence-corrected chi connectivity index (χ2v) is 9.88. The molecule has 4 rings (SSSR count). The van der Waals surface area contributed by atoms with Crippen LogP contribution in [-0.4, -0.2) is 29.8 Å². The van der Waals surface area contributed by atoms with Gasteiger partial charge in [-0.15, -0.1) is 0 Å². The minimum absolute atomic E-state index is 0.0613. The van der Waals surface area contributed by atoms with Crippen LogP contribution in [0.5, 0.6) is 0 Å². The molecule has 1 heterocycles. The van der Waals surface area contributed by atoms with Crippen molar-refractivity contribution in [2.75, 3.05) is 6.54 Å². The van der Waals surface area contributed by atoms with Gasteiger partial charge >= 0.3 is 5.97 Å². The fraction of sp³-hybridized carbons (Fsp3) is 0.682. The third kappa shape index (κ3) is 2.41. The van der Waals surface area contributed by atoms with E-state index in [4.69, 9.17) is 16.3 Å². The van der Waals surface area contributed by atoms with Crippen LogP contribution in [0.4, 0.5) is 0 Å². The number of amides is 1. The van der Waals surface area contributed by atoms with E-state index < -0.39 is 17.0 Å². The lowest BCUT2D eigenvalue weighted by Gasteiger charge is -2.57. The molecule has 152 valence electrons. The van der Waals surface area contributed by atoms with E-state index in [-0.39, 0.29) is 28.9 Å². The Balaban J connectivity index is 1.79. The Hall–Kier alpha value is -1.62. The van der Waals surface area contributed by atoms with Gasteiger partial charge in [0.1, 0.15) is 0 Å². The van der Waals surface area contributed by atoms with E-state index in [1.807, 2.05) is 0 Å². The molecule has 6 atom stereocenters. The van der Waals surface area contributed by atoms with E-state index in [0.29, 0.717) is 23.9 Å². The average Bonchev–Trinajstić information content (AvgIpc) is 2.90. The minimum atomic E-state index is -1.05. The lowest BCUT2D eigenvalue weighted by molar-refractivity contribution is -0.185. The van der Waals surface area contributed by atoms with E-state index in [1.165, 1.54) is 6.92 Å². The molecule has 28 heavy (non-hydrogen) atoms. The van der Waals surface area contributed by atoms with Gasteiger partial charge in [-0.3, -0.25) is 14.4 Å². The van der Waals surface area contributed by atoms with Gasteiger partial charge in [-0.1, -0.05) is 31.5 Å². The first-order valence-electron chi connectivity index (χ1n) is 10.1. The Morgan fingerprint density at radius 1 is 1.18 bits per heavy atom. The molecule has 3 aliphatic carbocycles. The normalized spacial score (nSPS) is 44.3. The van der Waals surface area contributed by atoms with Crippen LogP contribution in [0.3, 0.4) is 0 Å². The molecule has 0 aromatic carbocycles. The van der Waals surface area contributed by atoms with E-state index in [9.17, 15) is 14.4 Å². The number of Topliss-reactive ketones (excluding diaryl/α,β-unsaturated/α-hetero) is 1. The van der Waals surface area contributed by atoms with Crippen molar-refractivity contribution < 1.29 is 19.1 Å². The van der Waals surface area contributed by atoms with Gasteiger partial charge in [0.2, 0.25) is 5.91 Å². The second-order valence-electron chi connectivity index (χ2n) is 9.47. The van der Waals surface area contributed by atoms with Crippen LogP contribution in [0.25, 0.3) is 0 Å². The SMILES string of the molecule is CC(=O)O[C@]1(C(C)=O)CC[C@H]2[C@@H]3C=C(Cl)C4=CC(=O)NC[C@]4(C)[C@H]3CC[C@@]21C. The first-order chi connectivity index (χ1) is 13.0. The standard InChI is InChI=1S/C22H28ClNO4/c1-12(25)22(28-13(2)26)8-6-16-14-9-18(23)17-10-19(27)24-11-20(17,3)15(14)5-7-21(16,22)4/h9-10,14-16H,5-8,11H2,1-4H3,(H,24,27)/t14-,15+,16+,20-,21+,22+/m1/s1. The minimum Gasteiger partial charge on any atom is -0.451 e. The number of ether oxygens (including phenoxy) is 1. The van der Waals surface area contributed by atoms with Crippen molar-refractivity contribution >= 4 is 29.3 Å². The van der Waals surface area contributed by atoms with Crippen molar-refractivity contribution in [3.8, 4) is 0 Å². The van der Waals surface area contributed by atoms with Gasteiger partial charge in [0.25, 0.3) is 0 Å². The van der Waals surface area contributed by atoms with Gasteiger partial charge in [-0.2, -0.15) is 0 Å². The van der Waals surface area contributed by atoms with Gasteiger partial charge in [0.15, 0.2) is 11.4 Å². The van der Waals surface area contributed by atoms with Crippen LogP contribution >= 0.6 is 11.6 Å². The quantitative estimate of drug-likeness (QED) is 0.713. The Kier molecular flexibility index (Phi) is 4.35. The zero-order valence-corrected chi connectivity index (χ0v) is 17.7. The first-order valence-corrected chi connectivity index (χ1v) is 10.5. The van der Waals surface area contributed by atoms with Gasteiger partial charge in [-0.25, -0.2) is 0 Å². The fourth-order valence-corrected chi connectivity index (χ4v) is 7.29. The molecule has 4 aliphatic rings. The summed E-state index contributed by atoms with van der Waals surface area (Å²) in [5.74, 6) is 0.182. The van der Waals surface area contributed by atoms with E-state index in [1.54, 1.807) is 13.0 Å². The number of nitrogens with one attached hydrogen (secondary N) is 1. The molecule has 0 aromatic heterocycles. The molecule has 0 aromatic rings. The molecule has 0 saturated heterocycles. The highest BCUT2D eigenvalue weighted by atomic mass is 35.5. The molecular formula is C22H28ClNO4. The number of halogens is 1. The average molecular weight is 406 g/mol. The number of carbonyl (C=O) groups excluding carboxylic acids is 3. The van der Waals surface area contributed by atoms with Crippen LogP contribution in [0, 0.1) is 28.6 Å². The molecule has 0 bridgehead atoms. The lowest BCUT2D eigenvalue weighted by Crippen LogP contribution is -2.59. The maximum Gasteiger partial charge on any atom is 0.303 e. The van der Waals surface area contributed by atoms with Crippen LogP contribution in [0.1, 0.15) is 53.4 Å². The Morgan fingerprint density at radius 2 is 1.86 bits per heavy atom. The summed E-state index contributed by atoms with van der Waals surface area (Å²) in [4.78, 5) is 36.5. The molecule has 0 unspecified atom stereocenters. The predicted octanol–water partition coefficient (Wildman–Crippen LogP) is 3.52. The largest absolute Gasteiger partial charge is 0.451 e. The van der Waals surface area contributed by atoms with Crippen molar-refractivity contribution in [1.82, 2.24) is 5.32 Å². The van der Waals surface area contributed by atoms with Gasteiger partial charge in [0, 0.05) is 35.4 Å². The molecule has 6 heteroatoms. The summed E-state index contributed by atoms with van der Waals surface area (Å²) in [6.07, 6.45) is 6.84. The maximum atomic E-state index is 12.7. The monoisotopic (exact) mass is 405 g/mol. The predicted molar refractivity (Wildman–Crippen MR) is 105 cm³/mol. The van der Waals surface area contributed by atoms with E-state index >= 15 is 0 Å². The second kappa shape index (κ2) is 6.19. The Labute approximate surface area is 170 Å². The lowest BCUT2D eigenvalue weighted by atomic mass is 9.49. The van der Waals surface area contributed by atoms with Crippen molar-refractivity contribution in [3.05, 3.63) is 22.8 Å². The van der Waals surface area contributed by atoms with Crippen molar-refractivity contribution in [3.63, 3.8) is 0 Å². The van der Waals surface area contributed by atoms with Crippen LogP contribution in [0.15, 0.2) is 22.8 Å². The highest BCUT2D eigenvalue weighted by Gasteiger charge is 2.67. The molecular weight excluding hydrogens is 378 g/mol. The van der Waals surface area contributed by atoms with Crippen LogP contribution in [-0.2, 0) is 19.1 Å². The summed E-state index contributed by atoms with van der Waals surface area (Å²) in [6.45, 7) is 7.81. The molecule has 2 fully saturated rings. The number of allylic oxidation sites excluding steroid dienone is 2. The van der Waals surface area contributed by atoms with Crippen molar-refractivity contribution in [1.29, 1.82) is 0 Å². The molecule has 0 spiro atoms.